The summed E-state index contributed by atoms with van der Waals surface area (Å²) in [6, 6.07) is 7.55. The number of aromatic nitrogens is 1. The summed E-state index contributed by atoms with van der Waals surface area (Å²) in [4.78, 5) is 30.9. The highest BCUT2D eigenvalue weighted by Crippen LogP contribution is 2.34. The molecule has 26 heavy (non-hydrogen) atoms. The molecular weight excluding hydrogens is 350 g/mol. The van der Waals surface area contributed by atoms with E-state index in [-0.39, 0.29) is 12.0 Å². The normalized spacial score (nSPS) is 16.7. The molecule has 1 aromatic heterocycles. The van der Waals surface area contributed by atoms with Gasteiger partial charge in [-0.15, -0.1) is 11.3 Å². The van der Waals surface area contributed by atoms with Gasteiger partial charge < -0.3 is 15.0 Å². The Bertz CT molecular complexity index is 827. The molecule has 1 saturated heterocycles. The van der Waals surface area contributed by atoms with Crippen molar-refractivity contribution in [2.24, 2.45) is 5.92 Å². The molecule has 0 unspecified atom stereocenters. The van der Waals surface area contributed by atoms with Crippen LogP contribution in [0.4, 0.5) is 10.5 Å². The molecular formula is C19H21N3O3S. The summed E-state index contributed by atoms with van der Waals surface area (Å²) < 4.78 is 4.93. The molecule has 136 valence electrons. The zero-order valence-electron chi connectivity index (χ0n) is 14.7. The van der Waals surface area contributed by atoms with Crippen molar-refractivity contribution in [3.05, 3.63) is 45.4 Å². The molecule has 2 amide bonds. The lowest BCUT2D eigenvalue weighted by Gasteiger charge is -2.13. The fraction of sp³-hybridized carbons (Fsp3) is 0.421. The first kappa shape index (κ1) is 17.0. The zero-order chi connectivity index (χ0) is 18.1. The summed E-state index contributed by atoms with van der Waals surface area (Å²) in [5.41, 5.74) is 2.54. The Hall–Kier alpha value is -2.41. The first-order valence-electron chi connectivity index (χ1n) is 8.87. The molecule has 1 N–H and O–H groups in total. The molecule has 0 spiro atoms. The lowest BCUT2D eigenvalue weighted by molar-refractivity contribution is 0.102. The number of ether oxygens (including phenoxy) is 1. The van der Waals surface area contributed by atoms with Crippen molar-refractivity contribution in [2.75, 3.05) is 18.5 Å². The lowest BCUT2D eigenvalue weighted by Crippen LogP contribution is -2.23. The number of cyclic esters (lactones) is 1. The van der Waals surface area contributed by atoms with Crippen LogP contribution in [-0.2, 0) is 17.7 Å². The minimum absolute atomic E-state index is 0.113. The molecule has 2 heterocycles. The van der Waals surface area contributed by atoms with E-state index < -0.39 is 0 Å². The number of nitrogens with one attached hydrogen (secondary N) is 1. The van der Waals surface area contributed by atoms with E-state index in [0.717, 1.165) is 34.3 Å². The van der Waals surface area contributed by atoms with Crippen molar-refractivity contribution >= 4 is 29.0 Å². The summed E-state index contributed by atoms with van der Waals surface area (Å²) in [6.45, 7) is 3.47. The number of benzene rings is 1. The predicted molar refractivity (Wildman–Crippen MR) is 99.4 cm³/mol. The quantitative estimate of drug-likeness (QED) is 0.842. The Labute approximate surface area is 156 Å². The van der Waals surface area contributed by atoms with Gasteiger partial charge in [0.1, 0.15) is 11.5 Å². The zero-order valence-corrected chi connectivity index (χ0v) is 15.5. The number of aryl methyl sites for hydroxylation is 1. The van der Waals surface area contributed by atoms with Gasteiger partial charge in [-0.3, -0.25) is 4.79 Å². The van der Waals surface area contributed by atoms with Crippen LogP contribution in [0.25, 0.3) is 0 Å². The van der Waals surface area contributed by atoms with E-state index in [1.54, 1.807) is 4.90 Å². The van der Waals surface area contributed by atoms with E-state index >= 15 is 0 Å². The van der Waals surface area contributed by atoms with Crippen LogP contribution in [-0.4, -0.2) is 35.0 Å². The standard InChI is InChI=1S/C19H21N3O3S/c1-12-17(26-16(20-12)10-13-2-3-13)18(23)21-15-6-4-14(5-7-15)11-22-8-9-25-19(22)24/h4-7,13H,2-3,8-11H2,1H3,(H,21,23). The number of rotatable bonds is 6. The molecule has 0 radical (unpaired) electrons. The summed E-state index contributed by atoms with van der Waals surface area (Å²) in [6.07, 6.45) is 3.28. The highest BCUT2D eigenvalue weighted by molar-refractivity contribution is 7.13. The minimum atomic E-state index is -0.273. The largest absolute Gasteiger partial charge is 0.448 e. The Morgan fingerprint density at radius 1 is 1.35 bits per heavy atom. The van der Waals surface area contributed by atoms with Crippen molar-refractivity contribution in [3.8, 4) is 0 Å². The van der Waals surface area contributed by atoms with Crippen LogP contribution >= 0.6 is 11.3 Å². The summed E-state index contributed by atoms with van der Waals surface area (Å²) in [5.74, 6) is 0.648. The maximum absolute atomic E-state index is 12.5. The van der Waals surface area contributed by atoms with Crippen LogP contribution in [0, 0.1) is 12.8 Å². The number of carbonyl (C=O) groups excluding carboxylic acids is 2. The van der Waals surface area contributed by atoms with Crippen LogP contribution in [0.3, 0.4) is 0 Å². The van der Waals surface area contributed by atoms with E-state index in [1.807, 2.05) is 31.2 Å². The molecule has 1 aromatic carbocycles. The molecule has 1 aliphatic carbocycles. The van der Waals surface area contributed by atoms with Gasteiger partial charge in [0.2, 0.25) is 0 Å². The molecule has 1 saturated carbocycles. The van der Waals surface area contributed by atoms with E-state index in [9.17, 15) is 9.59 Å². The van der Waals surface area contributed by atoms with E-state index in [1.165, 1.54) is 24.2 Å². The Balaban J connectivity index is 1.38. The number of amides is 2. The Kier molecular flexibility index (Phi) is 4.63. The van der Waals surface area contributed by atoms with Gasteiger partial charge in [0, 0.05) is 18.7 Å². The van der Waals surface area contributed by atoms with Crippen LogP contribution in [0.2, 0.25) is 0 Å². The average Bonchev–Trinajstić information content (AvgIpc) is 3.23. The van der Waals surface area contributed by atoms with Crippen molar-refractivity contribution in [1.29, 1.82) is 0 Å². The third-order valence-electron chi connectivity index (χ3n) is 4.64. The smallest absolute Gasteiger partial charge is 0.410 e. The second-order valence-corrected chi connectivity index (χ2v) is 7.94. The van der Waals surface area contributed by atoms with Gasteiger partial charge in [-0.25, -0.2) is 9.78 Å². The van der Waals surface area contributed by atoms with Crippen molar-refractivity contribution in [3.63, 3.8) is 0 Å². The van der Waals surface area contributed by atoms with Gasteiger partial charge in [-0.2, -0.15) is 0 Å². The first-order valence-corrected chi connectivity index (χ1v) is 9.68. The Morgan fingerprint density at radius 2 is 2.12 bits per heavy atom. The van der Waals surface area contributed by atoms with Gasteiger partial charge in [0.05, 0.1) is 17.2 Å². The fourth-order valence-corrected chi connectivity index (χ4v) is 4.06. The molecule has 4 rings (SSSR count). The lowest BCUT2D eigenvalue weighted by atomic mass is 10.2. The maximum atomic E-state index is 12.5. The topological polar surface area (TPSA) is 71.5 Å². The van der Waals surface area contributed by atoms with Crippen LogP contribution < -0.4 is 5.32 Å². The highest BCUT2D eigenvalue weighted by atomic mass is 32.1. The molecule has 0 bridgehead atoms. The minimum Gasteiger partial charge on any atom is -0.448 e. The number of thiazole rings is 1. The number of carbonyl (C=O) groups is 2. The van der Waals surface area contributed by atoms with E-state index in [4.69, 9.17) is 4.74 Å². The molecule has 0 atom stereocenters. The predicted octanol–water partition coefficient (Wildman–Crippen LogP) is 3.61. The second kappa shape index (κ2) is 7.07. The fourth-order valence-electron chi connectivity index (χ4n) is 2.99. The van der Waals surface area contributed by atoms with Gasteiger partial charge >= 0.3 is 6.09 Å². The number of nitrogens with zero attached hydrogens (tertiary/aromatic N) is 2. The molecule has 2 aromatic rings. The third-order valence-corrected chi connectivity index (χ3v) is 5.82. The first-order chi connectivity index (χ1) is 12.6. The van der Waals surface area contributed by atoms with Crippen LogP contribution in [0.1, 0.15) is 38.8 Å². The highest BCUT2D eigenvalue weighted by Gasteiger charge is 2.25. The average molecular weight is 371 g/mol. The van der Waals surface area contributed by atoms with Gasteiger partial charge in [-0.05, 0) is 43.4 Å². The van der Waals surface area contributed by atoms with E-state index in [2.05, 4.69) is 10.3 Å². The van der Waals surface area contributed by atoms with Gasteiger partial charge in [-0.1, -0.05) is 12.1 Å². The van der Waals surface area contributed by atoms with Crippen LogP contribution in [0.5, 0.6) is 0 Å². The van der Waals surface area contributed by atoms with Gasteiger partial charge in [0.15, 0.2) is 0 Å². The van der Waals surface area contributed by atoms with Crippen molar-refractivity contribution in [2.45, 2.75) is 32.7 Å². The van der Waals surface area contributed by atoms with Crippen molar-refractivity contribution in [1.82, 2.24) is 9.88 Å². The maximum Gasteiger partial charge on any atom is 0.410 e. The number of hydrogen-bond donors (Lipinski definition) is 1. The number of anilines is 1. The van der Waals surface area contributed by atoms with E-state index in [0.29, 0.717) is 24.6 Å². The molecule has 6 nitrogen and oxygen atoms in total. The Morgan fingerprint density at radius 3 is 2.77 bits per heavy atom. The van der Waals surface area contributed by atoms with Crippen LogP contribution in [0.15, 0.2) is 24.3 Å². The third kappa shape index (κ3) is 3.88. The molecule has 2 aliphatic rings. The number of hydrogen-bond acceptors (Lipinski definition) is 5. The molecule has 1 aliphatic heterocycles. The summed E-state index contributed by atoms with van der Waals surface area (Å²) in [5, 5.41) is 4.00. The SMILES string of the molecule is Cc1nc(CC2CC2)sc1C(=O)Nc1ccc(CN2CCOC2=O)cc1. The van der Waals surface area contributed by atoms with Gasteiger partial charge in [0.25, 0.3) is 5.91 Å². The summed E-state index contributed by atoms with van der Waals surface area (Å²) in [7, 11) is 0. The monoisotopic (exact) mass is 371 g/mol. The summed E-state index contributed by atoms with van der Waals surface area (Å²) >= 11 is 1.50. The molecule has 2 fully saturated rings. The second-order valence-electron chi connectivity index (χ2n) is 6.86. The van der Waals surface area contributed by atoms with Crippen molar-refractivity contribution < 1.29 is 14.3 Å². The molecule has 7 heteroatoms.